The molecular formula is C19H24ClNO6. The van der Waals surface area contributed by atoms with Crippen molar-refractivity contribution < 1.29 is 28.6 Å². The predicted octanol–water partition coefficient (Wildman–Crippen LogP) is 2.14. The van der Waals surface area contributed by atoms with Gasteiger partial charge in [0.1, 0.15) is 18.4 Å². The van der Waals surface area contributed by atoms with Gasteiger partial charge in [0.2, 0.25) is 0 Å². The molecule has 1 aromatic carbocycles. The topological polar surface area (TPSA) is 90.9 Å². The molecule has 8 heteroatoms. The second-order valence-corrected chi connectivity index (χ2v) is 7.28. The Morgan fingerprint density at radius 3 is 2.74 bits per heavy atom. The standard InChI is InChI=1S/C19H24ClNO6/c1-11(2)6-15(19(24)25-3)21-17(22)10-27-18(23)13-7-12-8-14(20)4-5-16(12)26-9-13/h4-5,8,11,13,15H,6-7,9-10H2,1-3H3,(H,21,22)/t13-,15-/m0/s1. The zero-order valence-corrected chi connectivity index (χ0v) is 16.4. The molecule has 1 N–H and O–H groups in total. The number of fused-ring (bicyclic) bond motifs is 1. The number of methoxy groups -OCH3 is 1. The number of rotatable bonds is 7. The fraction of sp³-hybridized carbons (Fsp3) is 0.526. The normalized spacial score (nSPS) is 16.7. The van der Waals surface area contributed by atoms with E-state index in [-0.39, 0.29) is 12.5 Å². The lowest BCUT2D eigenvalue weighted by Gasteiger charge is -2.24. The molecule has 1 aliphatic rings. The van der Waals surface area contributed by atoms with Crippen LogP contribution < -0.4 is 10.1 Å². The first-order chi connectivity index (χ1) is 12.8. The van der Waals surface area contributed by atoms with E-state index >= 15 is 0 Å². The predicted molar refractivity (Wildman–Crippen MR) is 98.5 cm³/mol. The first kappa shape index (κ1) is 21.0. The van der Waals surface area contributed by atoms with Gasteiger partial charge in [-0.05, 0) is 42.5 Å². The average Bonchev–Trinajstić information content (AvgIpc) is 2.63. The molecule has 2 atom stereocenters. The van der Waals surface area contributed by atoms with Crippen molar-refractivity contribution in [3.05, 3.63) is 28.8 Å². The van der Waals surface area contributed by atoms with E-state index < -0.39 is 36.4 Å². The lowest BCUT2D eigenvalue weighted by Crippen LogP contribution is -2.44. The van der Waals surface area contributed by atoms with Gasteiger partial charge in [-0.1, -0.05) is 25.4 Å². The average molecular weight is 398 g/mol. The molecule has 148 valence electrons. The van der Waals surface area contributed by atoms with Gasteiger partial charge in [-0.15, -0.1) is 0 Å². The highest BCUT2D eigenvalue weighted by atomic mass is 35.5. The fourth-order valence-electron chi connectivity index (χ4n) is 2.83. The molecule has 0 aliphatic carbocycles. The van der Waals surface area contributed by atoms with E-state index in [4.69, 9.17) is 21.1 Å². The zero-order chi connectivity index (χ0) is 20.0. The van der Waals surface area contributed by atoms with Gasteiger partial charge >= 0.3 is 11.9 Å². The summed E-state index contributed by atoms with van der Waals surface area (Å²) in [6.45, 7) is 3.56. The summed E-state index contributed by atoms with van der Waals surface area (Å²) in [6.07, 6.45) is 0.856. The number of amides is 1. The van der Waals surface area contributed by atoms with E-state index in [0.717, 1.165) is 5.56 Å². The quantitative estimate of drug-likeness (QED) is 0.709. The van der Waals surface area contributed by atoms with E-state index in [2.05, 4.69) is 10.1 Å². The lowest BCUT2D eigenvalue weighted by atomic mass is 9.97. The summed E-state index contributed by atoms with van der Waals surface area (Å²) >= 11 is 5.97. The Balaban J connectivity index is 1.85. The number of benzene rings is 1. The van der Waals surface area contributed by atoms with Gasteiger partial charge in [-0.2, -0.15) is 0 Å². The first-order valence-electron chi connectivity index (χ1n) is 8.75. The van der Waals surface area contributed by atoms with E-state index in [1.165, 1.54) is 7.11 Å². The van der Waals surface area contributed by atoms with Gasteiger partial charge < -0.3 is 19.5 Å². The molecular weight excluding hydrogens is 374 g/mol. The SMILES string of the molecule is COC(=O)[C@H](CC(C)C)NC(=O)COC(=O)[C@@H]1COc2ccc(Cl)cc2C1. The number of hydrogen-bond donors (Lipinski definition) is 1. The van der Waals surface area contributed by atoms with Crippen LogP contribution in [0.2, 0.25) is 5.02 Å². The van der Waals surface area contributed by atoms with Crippen LogP contribution in [0, 0.1) is 11.8 Å². The molecule has 0 spiro atoms. The Labute approximate surface area is 163 Å². The number of nitrogens with one attached hydrogen (secondary N) is 1. The van der Waals surface area contributed by atoms with Crippen LogP contribution in [0.3, 0.4) is 0 Å². The Bertz CT molecular complexity index is 705. The second-order valence-electron chi connectivity index (χ2n) is 6.84. The minimum atomic E-state index is -0.770. The van der Waals surface area contributed by atoms with Gasteiger partial charge in [0, 0.05) is 5.02 Å². The Morgan fingerprint density at radius 1 is 1.33 bits per heavy atom. The molecule has 0 saturated heterocycles. The molecule has 1 heterocycles. The molecule has 0 aromatic heterocycles. The number of hydrogen-bond acceptors (Lipinski definition) is 6. The lowest BCUT2D eigenvalue weighted by molar-refractivity contribution is -0.154. The van der Waals surface area contributed by atoms with Gasteiger partial charge in [0.15, 0.2) is 6.61 Å². The highest BCUT2D eigenvalue weighted by molar-refractivity contribution is 6.30. The summed E-state index contributed by atoms with van der Waals surface area (Å²) in [7, 11) is 1.26. The van der Waals surface area contributed by atoms with E-state index in [0.29, 0.717) is 23.6 Å². The van der Waals surface area contributed by atoms with Crippen LogP contribution in [0.5, 0.6) is 5.75 Å². The zero-order valence-electron chi connectivity index (χ0n) is 15.6. The molecule has 0 unspecified atom stereocenters. The van der Waals surface area contributed by atoms with Crippen LogP contribution in [-0.4, -0.2) is 44.2 Å². The van der Waals surface area contributed by atoms with Gasteiger partial charge in [-0.3, -0.25) is 9.59 Å². The van der Waals surface area contributed by atoms with Crippen LogP contribution in [0.15, 0.2) is 18.2 Å². The largest absolute Gasteiger partial charge is 0.492 e. The van der Waals surface area contributed by atoms with Crippen molar-refractivity contribution in [3.63, 3.8) is 0 Å². The van der Waals surface area contributed by atoms with Crippen molar-refractivity contribution in [2.24, 2.45) is 11.8 Å². The molecule has 1 amide bonds. The number of esters is 2. The third-order valence-electron chi connectivity index (χ3n) is 4.14. The highest BCUT2D eigenvalue weighted by Gasteiger charge is 2.29. The van der Waals surface area contributed by atoms with Crippen LogP contribution in [0.25, 0.3) is 0 Å². The van der Waals surface area contributed by atoms with E-state index in [1.54, 1.807) is 18.2 Å². The van der Waals surface area contributed by atoms with Crippen LogP contribution >= 0.6 is 11.6 Å². The first-order valence-corrected chi connectivity index (χ1v) is 9.13. The number of halogens is 1. The van der Waals surface area contributed by atoms with Gasteiger partial charge in [0.05, 0.1) is 13.0 Å². The molecule has 7 nitrogen and oxygen atoms in total. The Kier molecular flexibility index (Phi) is 7.47. The molecule has 27 heavy (non-hydrogen) atoms. The maximum absolute atomic E-state index is 12.2. The maximum Gasteiger partial charge on any atom is 0.328 e. The highest BCUT2D eigenvalue weighted by Crippen LogP contribution is 2.30. The minimum Gasteiger partial charge on any atom is -0.492 e. The molecule has 0 saturated carbocycles. The molecule has 0 fully saturated rings. The summed E-state index contributed by atoms with van der Waals surface area (Å²) in [5.74, 6) is -1.26. The third-order valence-corrected chi connectivity index (χ3v) is 4.37. The van der Waals surface area contributed by atoms with Crippen LogP contribution in [0.1, 0.15) is 25.8 Å². The van der Waals surface area contributed by atoms with Crippen molar-refractivity contribution >= 4 is 29.4 Å². The fourth-order valence-corrected chi connectivity index (χ4v) is 3.03. The third kappa shape index (κ3) is 6.13. The number of carbonyl (C=O) groups is 3. The Hall–Kier alpha value is -2.28. The van der Waals surface area contributed by atoms with Crippen molar-refractivity contribution in [1.82, 2.24) is 5.32 Å². The molecule has 0 radical (unpaired) electrons. The summed E-state index contributed by atoms with van der Waals surface area (Å²) in [4.78, 5) is 36.0. The number of carbonyl (C=O) groups excluding carboxylic acids is 3. The summed E-state index contributed by atoms with van der Waals surface area (Å²) in [5, 5.41) is 3.10. The van der Waals surface area contributed by atoms with Crippen molar-refractivity contribution in [2.45, 2.75) is 32.7 Å². The van der Waals surface area contributed by atoms with Gasteiger partial charge in [-0.25, -0.2) is 4.79 Å². The van der Waals surface area contributed by atoms with Crippen LogP contribution in [0.4, 0.5) is 0 Å². The van der Waals surface area contributed by atoms with Gasteiger partial charge in [0.25, 0.3) is 5.91 Å². The molecule has 1 aromatic rings. The van der Waals surface area contributed by atoms with E-state index in [1.807, 2.05) is 13.8 Å². The van der Waals surface area contributed by atoms with E-state index in [9.17, 15) is 14.4 Å². The molecule has 1 aliphatic heterocycles. The van der Waals surface area contributed by atoms with Crippen LogP contribution in [-0.2, 0) is 30.3 Å². The molecule has 0 bridgehead atoms. The van der Waals surface area contributed by atoms with Crippen molar-refractivity contribution in [3.8, 4) is 5.75 Å². The summed E-state index contributed by atoms with van der Waals surface area (Å²) in [6, 6.07) is 4.45. The smallest absolute Gasteiger partial charge is 0.328 e. The Morgan fingerprint density at radius 2 is 2.07 bits per heavy atom. The summed E-state index contributed by atoms with van der Waals surface area (Å²) < 4.78 is 15.3. The maximum atomic E-state index is 12.2. The monoisotopic (exact) mass is 397 g/mol. The minimum absolute atomic E-state index is 0.174. The van der Waals surface area contributed by atoms with Crippen molar-refractivity contribution in [2.75, 3.05) is 20.3 Å². The second kappa shape index (κ2) is 9.60. The van der Waals surface area contributed by atoms with Crippen molar-refractivity contribution in [1.29, 1.82) is 0 Å². The number of ether oxygens (including phenoxy) is 3. The molecule has 2 rings (SSSR count). The summed E-state index contributed by atoms with van der Waals surface area (Å²) in [5.41, 5.74) is 0.822.